The zero-order valence-electron chi connectivity index (χ0n) is 18.0. The number of carbonyl (C=O) groups is 2. The van der Waals surface area contributed by atoms with Crippen LogP contribution in [0.1, 0.15) is 37.1 Å². The molecule has 1 N–H and O–H groups in total. The number of nitrogens with one attached hydrogen (secondary N) is 1. The van der Waals surface area contributed by atoms with Crippen LogP contribution in [0.2, 0.25) is 0 Å². The van der Waals surface area contributed by atoms with Crippen molar-refractivity contribution in [1.29, 1.82) is 0 Å². The van der Waals surface area contributed by atoms with Gasteiger partial charge in [-0.3, -0.25) is 9.69 Å². The minimum Gasteiger partial charge on any atom is -0.466 e. The number of ether oxygens (including phenoxy) is 2. The molecule has 3 aromatic rings. The summed E-state index contributed by atoms with van der Waals surface area (Å²) in [7, 11) is 0. The summed E-state index contributed by atoms with van der Waals surface area (Å²) in [5, 5.41) is 1.08. The van der Waals surface area contributed by atoms with Gasteiger partial charge in [0.15, 0.2) is 5.54 Å². The molecule has 0 bridgehead atoms. The first-order valence-corrected chi connectivity index (χ1v) is 10.8. The number of aromatic amines is 1. The van der Waals surface area contributed by atoms with Crippen LogP contribution < -0.4 is 0 Å². The second-order valence-corrected chi connectivity index (χ2v) is 7.74. The maximum atomic E-state index is 13.6. The zero-order chi connectivity index (χ0) is 21.8. The van der Waals surface area contributed by atoms with E-state index in [0.717, 1.165) is 34.1 Å². The van der Waals surface area contributed by atoms with Crippen LogP contribution in [0, 0.1) is 0 Å². The molecular formula is C25H28N2O4. The van der Waals surface area contributed by atoms with E-state index < -0.39 is 17.5 Å². The first-order chi connectivity index (χ1) is 15.1. The lowest BCUT2D eigenvalue weighted by atomic mass is 9.81. The molecule has 0 saturated heterocycles. The summed E-state index contributed by atoms with van der Waals surface area (Å²) in [5.41, 5.74) is 2.55. The fourth-order valence-electron chi connectivity index (χ4n) is 4.60. The molecule has 1 atom stereocenters. The number of para-hydroxylation sites is 1. The van der Waals surface area contributed by atoms with Crippen molar-refractivity contribution in [3.63, 3.8) is 0 Å². The van der Waals surface area contributed by atoms with Crippen LogP contribution in [-0.4, -0.2) is 41.6 Å². The molecule has 0 amide bonds. The first kappa shape index (κ1) is 21.1. The van der Waals surface area contributed by atoms with Crippen molar-refractivity contribution in [2.75, 3.05) is 19.8 Å². The molecular weight excluding hydrogens is 392 g/mol. The van der Waals surface area contributed by atoms with Gasteiger partial charge in [-0.2, -0.15) is 0 Å². The van der Waals surface area contributed by atoms with Gasteiger partial charge in [0.25, 0.3) is 0 Å². The second-order valence-electron chi connectivity index (χ2n) is 7.74. The quantitative estimate of drug-likeness (QED) is 0.586. The lowest BCUT2D eigenvalue weighted by Crippen LogP contribution is -2.57. The Kier molecular flexibility index (Phi) is 6.09. The molecule has 162 valence electrons. The number of H-pyrrole nitrogens is 1. The monoisotopic (exact) mass is 420 g/mol. The number of esters is 2. The second kappa shape index (κ2) is 8.94. The van der Waals surface area contributed by atoms with Crippen molar-refractivity contribution >= 4 is 22.8 Å². The average Bonchev–Trinajstić information content (AvgIpc) is 3.16. The molecule has 1 aromatic heterocycles. The molecule has 1 aliphatic rings. The fraction of sp³-hybridized carbons (Fsp3) is 0.360. The smallest absolute Gasteiger partial charge is 0.333 e. The van der Waals surface area contributed by atoms with Crippen LogP contribution in [0.3, 0.4) is 0 Å². The van der Waals surface area contributed by atoms with Gasteiger partial charge in [-0.15, -0.1) is 0 Å². The molecule has 1 unspecified atom stereocenters. The summed E-state index contributed by atoms with van der Waals surface area (Å²) >= 11 is 0. The van der Waals surface area contributed by atoms with Gasteiger partial charge in [-0.05, 0) is 37.5 Å². The van der Waals surface area contributed by atoms with Gasteiger partial charge >= 0.3 is 11.9 Å². The number of carbonyl (C=O) groups excluding carboxylic acids is 2. The summed E-state index contributed by atoms with van der Waals surface area (Å²) in [6.07, 6.45) is 0.669. The summed E-state index contributed by atoms with van der Waals surface area (Å²) in [6, 6.07) is 18.0. The van der Waals surface area contributed by atoms with Crippen LogP contribution >= 0.6 is 0 Å². The number of aromatic nitrogens is 1. The molecule has 31 heavy (non-hydrogen) atoms. The van der Waals surface area contributed by atoms with Crippen molar-refractivity contribution in [3.8, 4) is 0 Å². The van der Waals surface area contributed by atoms with Crippen molar-refractivity contribution in [2.24, 2.45) is 0 Å². The normalized spacial score (nSPS) is 18.5. The van der Waals surface area contributed by atoms with Gasteiger partial charge in [0, 0.05) is 24.0 Å². The number of fused-ring (bicyclic) bond motifs is 3. The summed E-state index contributed by atoms with van der Waals surface area (Å²) in [6.45, 7) is 5.20. The average molecular weight is 421 g/mol. The van der Waals surface area contributed by atoms with E-state index >= 15 is 0 Å². The predicted octanol–water partition coefficient (Wildman–Crippen LogP) is 3.94. The molecule has 6 heteroatoms. The molecule has 2 heterocycles. The highest BCUT2D eigenvalue weighted by molar-refractivity contribution is 5.93. The standard InChI is InChI=1S/C25H28N2O4/c1-3-30-22(28)16-25(24(29)31-4-2)23-20(19-12-8-9-13-21(19)26-23)14-15-27(25)17-18-10-6-5-7-11-18/h5-13,26H,3-4,14-17H2,1-2H3. The number of hydrogen-bond donors (Lipinski definition) is 1. The predicted molar refractivity (Wildman–Crippen MR) is 118 cm³/mol. The van der Waals surface area contributed by atoms with E-state index in [9.17, 15) is 9.59 Å². The fourth-order valence-corrected chi connectivity index (χ4v) is 4.60. The molecule has 1 aliphatic heterocycles. The maximum absolute atomic E-state index is 13.6. The minimum absolute atomic E-state index is 0.105. The Morgan fingerprint density at radius 2 is 1.71 bits per heavy atom. The number of benzene rings is 2. The molecule has 4 rings (SSSR count). The molecule has 6 nitrogen and oxygen atoms in total. The molecule has 0 spiro atoms. The largest absolute Gasteiger partial charge is 0.466 e. The van der Waals surface area contributed by atoms with E-state index in [-0.39, 0.29) is 19.6 Å². The van der Waals surface area contributed by atoms with Crippen molar-refractivity contribution in [1.82, 2.24) is 9.88 Å². The van der Waals surface area contributed by atoms with Crippen LogP contribution in [0.15, 0.2) is 54.6 Å². The van der Waals surface area contributed by atoms with E-state index in [1.807, 2.05) is 48.5 Å². The Labute approximate surface area is 182 Å². The molecule has 2 aromatic carbocycles. The highest BCUT2D eigenvalue weighted by Gasteiger charge is 2.53. The van der Waals surface area contributed by atoms with E-state index in [0.29, 0.717) is 13.1 Å². The van der Waals surface area contributed by atoms with E-state index in [2.05, 4.69) is 16.0 Å². The molecule has 0 radical (unpaired) electrons. The Morgan fingerprint density at radius 3 is 2.45 bits per heavy atom. The number of nitrogens with zero attached hydrogens (tertiary/aromatic N) is 1. The summed E-state index contributed by atoms with van der Waals surface area (Å²) < 4.78 is 10.9. The minimum atomic E-state index is -1.27. The lowest BCUT2D eigenvalue weighted by Gasteiger charge is -2.44. The van der Waals surface area contributed by atoms with Crippen molar-refractivity contribution < 1.29 is 19.1 Å². The SMILES string of the molecule is CCOC(=O)CC1(C(=O)OCC)c2[nH]c3ccccc3c2CCN1Cc1ccccc1. The number of hydrogen-bond acceptors (Lipinski definition) is 5. The van der Waals surface area contributed by atoms with Gasteiger partial charge in [-0.1, -0.05) is 48.5 Å². The van der Waals surface area contributed by atoms with E-state index in [1.54, 1.807) is 13.8 Å². The lowest BCUT2D eigenvalue weighted by molar-refractivity contribution is -0.168. The Hall–Kier alpha value is -3.12. The van der Waals surface area contributed by atoms with Crippen molar-refractivity contribution in [2.45, 2.75) is 38.8 Å². The topological polar surface area (TPSA) is 71.6 Å². The van der Waals surface area contributed by atoms with Crippen molar-refractivity contribution in [3.05, 3.63) is 71.4 Å². The Balaban J connectivity index is 1.89. The van der Waals surface area contributed by atoms with Gasteiger partial charge in [0.1, 0.15) is 0 Å². The third-order valence-electron chi connectivity index (χ3n) is 5.93. The van der Waals surface area contributed by atoms with Gasteiger partial charge in [-0.25, -0.2) is 4.79 Å². The number of rotatable bonds is 7. The third-order valence-corrected chi connectivity index (χ3v) is 5.93. The summed E-state index contributed by atoms with van der Waals surface area (Å²) in [4.78, 5) is 31.9. The van der Waals surface area contributed by atoms with E-state index in [1.165, 1.54) is 0 Å². The van der Waals surface area contributed by atoms with E-state index in [4.69, 9.17) is 9.47 Å². The Morgan fingerprint density at radius 1 is 1.00 bits per heavy atom. The third kappa shape index (κ3) is 3.83. The summed E-state index contributed by atoms with van der Waals surface area (Å²) in [5.74, 6) is -0.841. The maximum Gasteiger partial charge on any atom is 0.333 e. The van der Waals surface area contributed by atoms with Crippen LogP contribution in [-0.2, 0) is 37.6 Å². The molecule has 0 aliphatic carbocycles. The van der Waals surface area contributed by atoms with Crippen LogP contribution in [0.5, 0.6) is 0 Å². The highest BCUT2D eigenvalue weighted by atomic mass is 16.5. The molecule has 0 saturated carbocycles. The van der Waals surface area contributed by atoms with Gasteiger partial charge in [0.05, 0.1) is 25.3 Å². The first-order valence-electron chi connectivity index (χ1n) is 10.8. The van der Waals surface area contributed by atoms with Gasteiger partial charge in [0.2, 0.25) is 0 Å². The molecule has 0 fully saturated rings. The van der Waals surface area contributed by atoms with Crippen LogP contribution in [0.4, 0.5) is 0 Å². The van der Waals surface area contributed by atoms with Crippen LogP contribution in [0.25, 0.3) is 10.9 Å². The highest BCUT2D eigenvalue weighted by Crippen LogP contribution is 2.43. The zero-order valence-corrected chi connectivity index (χ0v) is 18.0. The Bertz CT molecular complexity index is 1080. The van der Waals surface area contributed by atoms with Gasteiger partial charge < -0.3 is 14.5 Å².